The first-order valence-corrected chi connectivity index (χ1v) is 11.2. The topological polar surface area (TPSA) is 87.4 Å². The standard InChI is InChI=1S/C25H23ClN4O4/c1-15-20-11-28-30(13-23(31)27-10-17-6-7-21-22(9-17)34-14-33-21)25(32)24(20)16(2)29(15)12-18-4-3-5-19(26)8-18/h3-9,11H,10,12-14H2,1-2H3,(H,27,31). The Morgan fingerprint density at radius 3 is 2.74 bits per heavy atom. The van der Waals surface area contributed by atoms with Gasteiger partial charge >= 0.3 is 0 Å². The van der Waals surface area contributed by atoms with Crippen molar-refractivity contribution in [1.29, 1.82) is 0 Å². The zero-order chi connectivity index (χ0) is 23.8. The van der Waals surface area contributed by atoms with Crippen LogP contribution in [0.4, 0.5) is 0 Å². The Morgan fingerprint density at radius 2 is 1.91 bits per heavy atom. The molecule has 4 aromatic rings. The van der Waals surface area contributed by atoms with Gasteiger partial charge in [0.25, 0.3) is 5.56 Å². The lowest BCUT2D eigenvalue weighted by atomic mass is 10.2. The van der Waals surface area contributed by atoms with E-state index in [0.717, 1.165) is 27.9 Å². The Labute approximate surface area is 200 Å². The molecular formula is C25H23ClN4O4. The van der Waals surface area contributed by atoms with Crippen molar-refractivity contribution in [2.45, 2.75) is 33.5 Å². The predicted molar refractivity (Wildman–Crippen MR) is 128 cm³/mol. The van der Waals surface area contributed by atoms with Crippen molar-refractivity contribution in [3.05, 3.63) is 86.6 Å². The second-order valence-electron chi connectivity index (χ2n) is 8.25. The minimum atomic E-state index is -0.306. The normalized spacial score (nSPS) is 12.3. The number of nitrogens with zero attached hydrogens (tertiary/aromatic N) is 3. The van der Waals surface area contributed by atoms with Crippen molar-refractivity contribution in [1.82, 2.24) is 19.7 Å². The van der Waals surface area contributed by atoms with Crippen LogP contribution in [0.2, 0.25) is 5.02 Å². The molecule has 5 rings (SSSR count). The average Bonchev–Trinajstić information content (AvgIpc) is 3.38. The van der Waals surface area contributed by atoms with Gasteiger partial charge in [-0.2, -0.15) is 5.10 Å². The molecule has 9 heteroatoms. The highest BCUT2D eigenvalue weighted by atomic mass is 35.5. The predicted octanol–water partition coefficient (Wildman–Crippen LogP) is 3.56. The van der Waals surface area contributed by atoms with Crippen LogP contribution in [0.3, 0.4) is 0 Å². The highest BCUT2D eigenvalue weighted by Gasteiger charge is 2.18. The lowest BCUT2D eigenvalue weighted by Crippen LogP contribution is -2.33. The first-order valence-electron chi connectivity index (χ1n) is 10.9. The van der Waals surface area contributed by atoms with Crippen LogP contribution in [0.1, 0.15) is 22.5 Å². The maximum absolute atomic E-state index is 13.2. The summed E-state index contributed by atoms with van der Waals surface area (Å²) in [6.45, 7) is 4.79. The van der Waals surface area contributed by atoms with Crippen molar-refractivity contribution >= 4 is 28.3 Å². The van der Waals surface area contributed by atoms with Crippen LogP contribution in [0, 0.1) is 13.8 Å². The summed E-state index contributed by atoms with van der Waals surface area (Å²) in [5, 5.41) is 9.10. The van der Waals surface area contributed by atoms with Crippen LogP contribution < -0.4 is 20.3 Å². The Morgan fingerprint density at radius 1 is 1.09 bits per heavy atom. The summed E-state index contributed by atoms with van der Waals surface area (Å²) in [7, 11) is 0. The van der Waals surface area contributed by atoms with Crippen LogP contribution in [-0.2, 0) is 24.4 Å². The number of rotatable bonds is 6. The molecule has 0 bridgehead atoms. The summed E-state index contributed by atoms with van der Waals surface area (Å²) in [6, 6.07) is 13.1. The van der Waals surface area contributed by atoms with Crippen molar-refractivity contribution in [3.63, 3.8) is 0 Å². The molecule has 1 aliphatic heterocycles. The van der Waals surface area contributed by atoms with Crippen LogP contribution >= 0.6 is 11.6 Å². The molecule has 2 aromatic carbocycles. The number of aryl methyl sites for hydroxylation is 2. The number of carbonyl (C=O) groups is 1. The quantitative estimate of drug-likeness (QED) is 0.458. The molecule has 0 atom stereocenters. The Hall–Kier alpha value is -3.78. The highest BCUT2D eigenvalue weighted by Crippen LogP contribution is 2.32. The van der Waals surface area contributed by atoms with Crippen LogP contribution in [-0.4, -0.2) is 27.0 Å². The fourth-order valence-electron chi connectivity index (χ4n) is 4.26. The van der Waals surface area contributed by atoms with E-state index >= 15 is 0 Å². The van der Waals surface area contributed by atoms with Crippen LogP contribution in [0.25, 0.3) is 10.8 Å². The number of benzene rings is 2. The zero-order valence-corrected chi connectivity index (χ0v) is 19.6. The first kappa shape index (κ1) is 22.0. The smallest absolute Gasteiger partial charge is 0.276 e. The number of hydrogen-bond donors (Lipinski definition) is 1. The molecule has 0 saturated carbocycles. The van der Waals surface area contributed by atoms with E-state index in [9.17, 15) is 9.59 Å². The number of halogens is 1. The van der Waals surface area contributed by atoms with Gasteiger partial charge in [-0.1, -0.05) is 29.8 Å². The third-order valence-corrected chi connectivity index (χ3v) is 6.29. The molecule has 34 heavy (non-hydrogen) atoms. The number of aromatic nitrogens is 3. The Bertz CT molecular complexity index is 1470. The van der Waals surface area contributed by atoms with Crippen molar-refractivity contribution in [3.8, 4) is 11.5 Å². The van der Waals surface area contributed by atoms with Gasteiger partial charge in [-0.15, -0.1) is 0 Å². The summed E-state index contributed by atoms with van der Waals surface area (Å²) >= 11 is 6.13. The number of fused-ring (bicyclic) bond motifs is 2. The molecule has 8 nitrogen and oxygen atoms in total. The summed E-state index contributed by atoms with van der Waals surface area (Å²) < 4.78 is 13.9. The molecule has 0 unspecified atom stereocenters. The van der Waals surface area contributed by atoms with Crippen LogP contribution in [0.15, 0.2) is 53.5 Å². The number of ether oxygens (including phenoxy) is 2. The molecule has 0 fully saturated rings. The Kier molecular flexibility index (Phi) is 5.75. The maximum Gasteiger partial charge on any atom is 0.276 e. The molecule has 1 aliphatic rings. The Balaban J connectivity index is 1.34. The van der Waals surface area contributed by atoms with E-state index in [4.69, 9.17) is 21.1 Å². The fraction of sp³-hybridized carbons (Fsp3) is 0.240. The molecule has 3 heterocycles. The maximum atomic E-state index is 13.2. The summed E-state index contributed by atoms with van der Waals surface area (Å²) in [6.07, 6.45) is 1.65. The van der Waals surface area contributed by atoms with E-state index < -0.39 is 0 Å². The fourth-order valence-corrected chi connectivity index (χ4v) is 4.47. The van der Waals surface area contributed by atoms with Gasteiger partial charge in [-0.05, 0) is 49.2 Å². The second-order valence-corrected chi connectivity index (χ2v) is 8.68. The van der Waals surface area contributed by atoms with E-state index in [1.54, 1.807) is 6.20 Å². The molecule has 0 radical (unpaired) electrons. The van der Waals surface area contributed by atoms with E-state index in [1.165, 1.54) is 4.68 Å². The van der Waals surface area contributed by atoms with Gasteiger partial charge in [-0.25, -0.2) is 4.68 Å². The summed E-state index contributed by atoms with van der Waals surface area (Å²) in [5.41, 5.74) is 3.39. The van der Waals surface area contributed by atoms with Gasteiger partial charge in [0.2, 0.25) is 12.7 Å². The molecule has 1 amide bonds. The number of nitrogens with one attached hydrogen (secondary N) is 1. The summed E-state index contributed by atoms with van der Waals surface area (Å²) in [4.78, 5) is 25.8. The van der Waals surface area contributed by atoms with Crippen LogP contribution in [0.5, 0.6) is 11.5 Å². The lowest BCUT2D eigenvalue weighted by Gasteiger charge is -2.09. The zero-order valence-electron chi connectivity index (χ0n) is 18.8. The van der Waals surface area contributed by atoms with Crippen molar-refractivity contribution in [2.24, 2.45) is 0 Å². The number of carbonyl (C=O) groups excluding carboxylic acids is 1. The minimum absolute atomic E-state index is 0.169. The third-order valence-electron chi connectivity index (χ3n) is 6.05. The molecule has 0 aliphatic carbocycles. The minimum Gasteiger partial charge on any atom is -0.454 e. The lowest BCUT2D eigenvalue weighted by molar-refractivity contribution is -0.122. The molecule has 174 valence electrons. The van der Waals surface area contributed by atoms with Gasteiger partial charge in [0, 0.05) is 34.9 Å². The van der Waals surface area contributed by atoms with E-state index in [-0.39, 0.29) is 24.8 Å². The third kappa shape index (κ3) is 4.12. The van der Waals surface area contributed by atoms with Gasteiger partial charge in [-0.3, -0.25) is 9.59 Å². The largest absolute Gasteiger partial charge is 0.454 e. The second kappa shape index (κ2) is 8.87. The highest BCUT2D eigenvalue weighted by molar-refractivity contribution is 6.30. The molecule has 0 saturated heterocycles. The van der Waals surface area contributed by atoms with Gasteiger partial charge in [0.05, 0.1) is 11.6 Å². The van der Waals surface area contributed by atoms with Gasteiger partial charge in [0.15, 0.2) is 11.5 Å². The van der Waals surface area contributed by atoms with E-state index in [2.05, 4.69) is 15.0 Å². The average molecular weight is 479 g/mol. The van der Waals surface area contributed by atoms with Gasteiger partial charge < -0.3 is 19.4 Å². The van der Waals surface area contributed by atoms with Crippen molar-refractivity contribution in [2.75, 3.05) is 6.79 Å². The monoisotopic (exact) mass is 478 g/mol. The van der Waals surface area contributed by atoms with Crippen molar-refractivity contribution < 1.29 is 14.3 Å². The van der Waals surface area contributed by atoms with Gasteiger partial charge in [0.1, 0.15) is 6.54 Å². The summed E-state index contributed by atoms with van der Waals surface area (Å²) in [5.74, 6) is 1.04. The molecular weight excluding hydrogens is 456 g/mol. The molecule has 2 aromatic heterocycles. The molecule has 0 spiro atoms. The number of amides is 1. The SMILES string of the molecule is Cc1c2cnn(CC(=O)NCc3ccc4c(c3)OCO4)c(=O)c2c(C)n1Cc1cccc(Cl)c1. The van der Waals surface area contributed by atoms with E-state index in [1.807, 2.05) is 56.3 Å². The number of hydrogen-bond acceptors (Lipinski definition) is 5. The van der Waals surface area contributed by atoms with E-state index in [0.29, 0.717) is 35.0 Å². The molecule has 1 N–H and O–H groups in total. The first-order chi connectivity index (χ1) is 16.4.